The average Bonchev–Trinajstić information content (AvgIpc) is 3.33. The zero-order chi connectivity index (χ0) is 15.6. The second-order valence-electron chi connectivity index (χ2n) is 6.16. The SMILES string of the molecule is O=C(c1cnc(C2CC2)s1)N1CCC(Nc2cccnn2)CC1. The summed E-state index contributed by atoms with van der Waals surface area (Å²) in [5, 5.41) is 12.4. The minimum atomic E-state index is 0.132. The highest BCUT2D eigenvalue weighted by molar-refractivity contribution is 7.13. The Bertz CT molecular complexity index is 677. The zero-order valence-electron chi connectivity index (χ0n) is 12.8. The number of piperidine rings is 1. The molecule has 1 aliphatic heterocycles. The van der Waals surface area contributed by atoms with Crippen LogP contribution in [0.4, 0.5) is 5.82 Å². The van der Waals surface area contributed by atoms with Crippen molar-refractivity contribution in [3.63, 3.8) is 0 Å². The first-order chi connectivity index (χ1) is 11.3. The molecule has 0 unspecified atom stereocenters. The van der Waals surface area contributed by atoms with Gasteiger partial charge in [-0.25, -0.2) is 4.98 Å². The number of likely N-dealkylation sites (tertiary alicyclic amines) is 1. The number of thiazole rings is 1. The molecule has 0 bridgehead atoms. The molecular weight excluding hydrogens is 310 g/mol. The van der Waals surface area contributed by atoms with E-state index in [0.29, 0.717) is 12.0 Å². The van der Waals surface area contributed by atoms with E-state index >= 15 is 0 Å². The van der Waals surface area contributed by atoms with Crippen molar-refractivity contribution in [2.75, 3.05) is 18.4 Å². The standard InChI is InChI=1S/C16H19N5OS/c22-16(13-10-17-15(23-13)11-3-4-11)21-8-5-12(6-9-21)19-14-2-1-7-18-20-14/h1-2,7,10-12H,3-6,8-9H2,(H,19,20). The van der Waals surface area contributed by atoms with E-state index in [1.165, 1.54) is 12.8 Å². The van der Waals surface area contributed by atoms with Crippen LogP contribution in [0.1, 0.15) is 46.3 Å². The van der Waals surface area contributed by atoms with Crippen molar-refractivity contribution in [1.82, 2.24) is 20.1 Å². The zero-order valence-corrected chi connectivity index (χ0v) is 13.6. The Morgan fingerprint density at radius 3 is 2.78 bits per heavy atom. The van der Waals surface area contributed by atoms with Gasteiger partial charge in [-0.15, -0.1) is 16.4 Å². The van der Waals surface area contributed by atoms with Crippen molar-refractivity contribution in [2.45, 2.75) is 37.6 Å². The van der Waals surface area contributed by atoms with Gasteiger partial charge in [0.15, 0.2) is 0 Å². The maximum Gasteiger partial charge on any atom is 0.265 e. The summed E-state index contributed by atoms with van der Waals surface area (Å²) in [5.74, 6) is 1.55. The topological polar surface area (TPSA) is 71.0 Å². The molecule has 0 aromatic carbocycles. The number of aromatic nitrogens is 3. The molecule has 4 rings (SSSR count). The lowest BCUT2D eigenvalue weighted by molar-refractivity contribution is 0.0723. The summed E-state index contributed by atoms with van der Waals surface area (Å²) in [4.78, 5) is 19.7. The fraction of sp³-hybridized carbons (Fsp3) is 0.500. The Morgan fingerprint density at radius 2 is 2.09 bits per heavy atom. The lowest BCUT2D eigenvalue weighted by Gasteiger charge is -2.32. The molecule has 1 aliphatic carbocycles. The van der Waals surface area contributed by atoms with Crippen molar-refractivity contribution in [3.05, 3.63) is 34.4 Å². The van der Waals surface area contributed by atoms with Gasteiger partial charge in [0.05, 0.1) is 11.2 Å². The molecule has 3 heterocycles. The van der Waals surface area contributed by atoms with Crippen LogP contribution in [0.5, 0.6) is 0 Å². The molecule has 2 aromatic heterocycles. The largest absolute Gasteiger partial charge is 0.366 e. The van der Waals surface area contributed by atoms with E-state index in [0.717, 1.165) is 41.6 Å². The van der Waals surface area contributed by atoms with Gasteiger partial charge in [-0.3, -0.25) is 4.79 Å². The number of nitrogens with one attached hydrogen (secondary N) is 1. The third-order valence-electron chi connectivity index (χ3n) is 4.37. The number of amides is 1. The molecule has 2 aromatic rings. The maximum atomic E-state index is 12.6. The summed E-state index contributed by atoms with van der Waals surface area (Å²) in [5.41, 5.74) is 0. The van der Waals surface area contributed by atoms with Gasteiger partial charge in [0.25, 0.3) is 5.91 Å². The van der Waals surface area contributed by atoms with Crippen LogP contribution in [0.25, 0.3) is 0 Å². The Labute approximate surface area is 139 Å². The van der Waals surface area contributed by atoms with E-state index in [2.05, 4.69) is 20.5 Å². The lowest BCUT2D eigenvalue weighted by atomic mass is 10.0. The maximum absolute atomic E-state index is 12.6. The number of hydrogen-bond donors (Lipinski definition) is 1. The number of carbonyl (C=O) groups is 1. The third kappa shape index (κ3) is 3.34. The van der Waals surface area contributed by atoms with Crippen LogP contribution in [0.3, 0.4) is 0 Å². The molecule has 120 valence electrons. The van der Waals surface area contributed by atoms with Crippen LogP contribution < -0.4 is 5.32 Å². The summed E-state index contributed by atoms with van der Waals surface area (Å²) in [7, 11) is 0. The van der Waals surface area contributed by atoms with E-state index in [4.69, 9.17) is 0 Å². The van der Waals surface area contributed by atoms with Crippen LogP contribution in [0.2, 0.25) is 0 Å². The third-order valence-corrected chi connectivity index (χ3v) is 5.52. The summed E-state index contributed by atoms with van der Waals surface area (Å²) in [6.45, 7) is 1.54. The van der Waals surface area contributed by atoms with E-state index in [1.807, 2.05) is 17.0 Å². The first kappa shape index (κ1) is 14.6. The molecule has 2 fully saturated rings. The number of hydrogen-bond acceptors (Lipinski definition) is 6. The number of anilines is 1. The van der Waals surface area contributed by atoms with Crippen molar-refractivity contribution in [1.29, 1.82) is 0 Å². The second-order valence-corrected chi connectivity index (χ2v) is 7.22. The molecule has 23 heavy (non-hydrogen) atoms. The van der Waals surface area contributed by atoms with Crippen molar-refractivity contribution < 1.29 is 4.79 Å². The van der Waals surface area contributed by atoms with Gasteiger partial charge in [0.2, 0.25) is 0 Å². The van der Waals surface area contributed by atoms with Gasteiger partial charge >= 0.3 is 0 Å². The molecule has 1 amide bonds. The molecule has 1 saturated heterocycles. The Kier molecular flexibility index (Phi) is 3.95. The molecule has 0 radical (unpaired) electrons. The molecule has 7 heteroatoms. The number of rotatable bonds is 4. The highest BCUT2D eigenvalue weighted by Gasteiger charge is 2.29. The summed E-state index contributed by atoms with van der Waals surface area (Å²) in [6, 6.07) is 4.13. The first-order valence-corrected chi connectivity index (χ1v) is 8.90. The average molecular weight is 329 g/mol. The Balaban J connectivity index is 1.32. The number of carbonyl (C=O) groups excluding carboxylic acids is 1. The van der Waals surface area contributed by atoms with Crippen molar-refractivity contribution >= 4 is 23.1 Å². The molecular formula is C16H19N5OS. The lowest BCUT2D eigenvalue weighted by Crippen LogP contribution is -2.42. The fourth-order valence-electron chi connectivity index (χ4n) is 2.88. The minimum Gasteiger partial charge on any atom is -0.366 e. The van der Waals surface area contributed by atoms with E-state index in [1.54, 1.807) is 23.7 Å². The highest BCUT2D eigenvalue weighted by Crippen LogP contribution is 2.41. The van der Waals surface area contributed by atoms with Crippen LogP contribution in [-0.2, 0) is 0 Å². The molecule has 1 saturated carbocycles. The van der Waals surface area contributed by atoms with Crippen LogP contribution in [-0.4, -0.2) is 45.1 Å². The second kappa shape index (κ2) is 6.23. The Hall–Kier alpha value is -2.02. The predicted octanol–water partition coefficient (Wildman–Crippen LogP) is 2.53. The summed E-state index contributed by atoms with van der Waals surface area (Å²) in [6.07, 6.45) is 7.72. The molecule has 0 spiro atoms. The van der Waals surface area contributed by atoms with Gasteiger partial charge in [-0.2, -0.15) is 5.10 Å². The molecule has 1 N–H and O–H groups in total. The Morgan fingerprint density at radius 1 is 1.26 bits per heavy atom. The van der Waals surface area contributed by atoms with Crippen LogP contribution in [0.15, 0.2) is 24.5 Å². The van der Waals surface area contributed by atoms with Gasteiger partial charge in [0.1, 0.15) is 10.7 Å². The predicted molar refractivity (Wildman–Crippen MR) is 88.7 cm³/mol. The van der Waals surface area contributed by atoms with Crippen LogP contribution >= 0.6 is 11.3 Å². The van der Waals surface area contributed by atoms with Crippen molar-refractivity contribution in [3.8, 4) is 0 Å². The van der Waals surface area contributed by atoms with Gasteiger partial charge < -0.3 is 10.2 Å². The van der Waals surface area contributed by atoms with Gasteiger partial charge in [-0.1, -0.05) is 0 Å². The van der Waals surface area contributed by atoms with Gasteiger partial charge in [-0.05, 0) is 37.8 Å². The van der Waals surface area contributed by atoms with Crippen LogP contribution in [0, 0.1) is 0 Å². The first-order valence-electron chi connectivity index (χ1n) is 8.09. The van der Waals surface area contributed by atoms with E-state index < -0.39 is 0 Å². The monoisotopic (exact) mass is 329 g/mol. The molecule has 0 atom stereocenters. The molecule has 6 nitrogen and oxygen atoms in total. The minimum absolute atomic E-state index is 0.132. The van der Waals surface area contributed by atoms with E-state index in [9.17, 15) is 4.79 Å². The fourth-order valence-corrected chi connectivity index (χ4v) is 3.93. The van der Waals surface area contributed by atoms with Gasteiger partial charge in [0, 0.05) is 31.2 Å². The number of nitrogens with zero attached hydrogens (tertiary/aromatic N) is 4. The molecule has 2 aliphatic rings. The van der Waals surface area contributed by atoms with Crippen molar-refractivity contribution in [2.24, 2.45) is 0 Å². The summed E-state index contributed by atoms with van der Waals surface area (Å²) < 4.78 is 0. The van der Waals surface area contributed by atoms with E-state index in [-0.39, 0.29) is 5.91 Å². The highest BCUT2D eigenvalue weighted by atomic mass is 32.1. The smallest absolute Gasteiger partial charge is 0.265 e. The quantitative estimate of drug-likeness (QED) is 0.933. The normalized spacial score (nSPS) is 18.9. The summed E-state index contributed by atoms with van der Waals surface area (Å²) >= 11 is 1.57.